The largest absolute Gasteiger partial charge is 0.504 e. The molecule has 0 radical (unpaired) electrons. The smallest absolute Gasteiger partial charge is 0.157 e. The van der Waals surface area contributed by atoms with Gasteiger partial charge in [0.1, 0.15) is 11.6 Å². The molecule has 110 valence electrons. The number of hydrogen-bond acceptors (Lipinski definition) is 4. The van der Waals surface area contributed by atoms with Crippen molar-refractivity contribution in [1.82, 2.24) is 5.32 Å². The van der Waals surface area contributed by atoms with Crippen molar-refractivity contribution in [2.45, 2.75) is 12.5 Å². The third-order valence-electron chi connectivity index (χ3n) is 3.79. The number of hydrogen-bond donors (Lipinski definition) is 3. The molecular formula is C16H16FNO3. The Hall–Kier alpha value is -2.27. The molecule has 0 saturated carbocycles. The van der Waals surface area contributed by atoms with Crippen LogP contribution in [0.25, 0.3) is 0 Å². The van der Waals surface area contributed by atoms with Gasteiger partial charge in [0.05, 0.1) is 13.2 Å². The van der Waals surface area contributed by atoms with Crippen LogP contribution < -0.4 is 10.1 Å². The van der Waals surface area contributed by atoms with Gasteiger partial charge in [-0.2, -0.15) is 0 Å². The summed E-state index contributed by atoms with van der Waals surface area (Å²) in [6.45, 7) is 0.696. The maximum atomic E-state index is 13.6. The summed E-state index contributed by atoms with van der Waals surface area (Å²) in [6.07, 6.45) is 0.733. The minimum atomic E-state index is -0.345. The Kier molecular flexibility index (Phi) is 3.43. The summed E-state index contributed by atoms with van der Waals surface area (Å²) in [4.78, 5) is 0. The summed E-state index contributed by atoms with van der Waals surface area (Å²) in [6, 6.07) is 7.15. The molecule has 0 saturated heterocycles. The molecule has 2 aromatic carbocycles. The summed E-state index contributed by atoms with van der Waals surface area (Å²) < 4.78 is 18.9. The van der Waals surface area contributed by atoms with E-state index in [9.17, 15) is 14.6 Å². The number of nitrogens with one attached hydrogen (secondary N) is 1. The summed E-state index contributed by atoms with van der Waals surface area (Å²) in [5.74, 6) is -0.0875. The minimum absolute atomic E-state index is 0.138. The molecule has 21 heavy (non-hydrogen) atoms. The molecule has 0 amide bonds. The molecule has 0 spiro atoms. The van der Waals surface area contributed by atoms with Gasteiger partial charge in [0, 0.05) is 12.1 Å². The number of halogens is 1. The fourth-order valence-corrected chi connectivity index (χ4v) is 2.79. The number of rotatable bonds is 2. The lowest BCUT2D eigenvalue weighted by molar-refractivity contribution is 0.394. The summed E-state index contributed by atoms with van der Waals surface area (Å²) in [5.41, 5.74) is 2.42. The Labute approximate surface area is 121 Å². The first kappa shape index (κ1) is 13.7. The van der Waals surface area contributed by atoms with Crippen LogP contribution in [0.1, 0.15) is 22.7 Å². The third kappa shape index (κ3) is 2.40. The number of phenols is 2. The van der Waals surface area contributed by atoms with Gasteiger partial charge in [-0.25, -0.2) is 4.39 Å². The number of fused-ring (bicyclic) bond motifs is 1. The van der Waals surface area contributed by atoms with Crippen LogP contribution in [0.5, 0.6) is 17.2 Å². The lowest BCUT2D eigenvalue weighted by Gasteiger charge is -2.28. The highest BCUT2D eigenvalue weighted by Gasteiger charge is 2.25. The molecule has 1 atom stereocenters. The van der Waals surface area contributed by atoms with Crippen LogP contribution in [0.4, 0.5) is 4.39 Å². The monoisotopic (exact) mass is 289 g/mol. The number of methoxy groups -OCH3 is 1. The number of phenolic OH excluding ortho intramolecular Hbond substituents is 2. The molecule has 0 aliphatic carbocycles. The number of aromatic hydroxyl groups is 2. The second-order valence-corrected chi connectivity index (χ2v) is 5.06. The van der Waals surface area contributed by atoms with Crippen molar-refractivity contribution in [2.24, 2.45) is 0 Å². The van der Waals surface area contributed by atoms with Crippen molar-refractivity contribution < 1.29 is 19.3 Å². The highest BCUT2D eigenvalue weighted by atomic mass is 19.1. The third-order valence-corrected chi connectivity index (χ3v) is 3.79. The maximum absolute atomic E-state index is 13.6. The predicted octanol–water partition coefficient (Wildman–Crippen LogP) is 2.48. The standard InChI is InChI=1S/C16H16FNO3/c1-21-15-3-2-10(17)7-12(15)16-11-8-14(20)13(19)6-9(11)4-5-18-16/h2-3,6-8,16,18-20H,4-5H2,1H3. The molecule has 0 fully saturated rings. The van der Waals surface area contributed by atoms with Gasteiger partial charge >= 0.3 is 0 Å². The molecule has 4 nitrogen and oxygen atoms in total. The number of ether oxygens (including phenoxy) is 1. The van der Waals surface area contributed by atoms with Crippen molar-refractivity contribution in [3.05, 3.63) is 52.8 Å². The van der Waals surface area contributed by atoms with E-state index in [0.717, 1.165) is 17.5 Å². The lowest BCUT2D eigenvalue weighted by Crippen LogP contribution is -2.30. The molecule has 5 heteroatoms. The normalized spacial score (nSPS) is 17.3. The zero-order valence-corrected chi connectivity index (χ0v) is 11.6. The second-order valence-electron chi connectivity index (χ2n) is 5.06. The topological polar surface area (TPSA) is 61.7 Å². The molecule has 1 aliphatic rings. The van der Waals surface area contributed by atoms with Crippen LogP contribution >= 0.6 is 0 Å². The summed E-state index contributed by atoms with van der Waals surface area (Å²) in [7, 11) is 1.54. The first-order valence-electron chi connectivity index (χ1n) is 6.71. The van der Waals surface area contributed by atoms with Crippen molar-refractivity contribution in [2.75, 3.05) is 13.7 Å². The minimum Gasteiger partial charge on any atom is -0.504 e. The van der Waals surface area contributed by atoms with Crippen LogP contribution in [-0.2, 0) is 6.42 Å². The van der Waals surface area contributed by atoms with Crippen LogP contribution in [0.15, 0.2) is 30.3 Å². The van der Waals surface area contributed by atoms with Gasteiger partial charge in [-0.1, -0.05) is 0 Å². The van der Waals surface area contributed by atoms with E-state index in [0.29, 0.717) is 17.9 Å². The average molecular weight is 289 g/mol. The van der Waals surface area contributed by atoms with E-state index in [1.807, 2.05) is 0 Å². The van der Waals surface area contributed by atoms with Gasteiger partial charge < -0.3 is 20.3 Å². The fraction of sp³-hybridized carbons (Fsp3) is 0.250. The molecule has 1 heterocycles. The van der Waals surface area contributed by atoms with E-state index in [4.69, 9.17) is 4.74 Å². The van der Waals surface area contributed by atoms with Crippen LogP contribution in [-0.4, -0.2) is 23.9 Å². The van der Waals surface area contributed by atoms with E-state index in [-0.39, 0.29) is 23.4 Å². The van der Waals surface area contributed by atoms with Crippen LogP contribution in [0.2, 0.25) is 0 Å². The highest BCUT2D eigenvalue weighted by molar-refractivity contribution is 5.52. The van der Waals surface area contributed by atoms with Gasteiger partial charge in [0.15, 0.2) is 11.5 Å². The van der Waals surface area contributed by atoms with E-state index in [2.05, 4.69) is 5.32 Å². The quantitative estimate of drug-likeness (QED) is 0.743. The van der Waals surface area contributed by atoms with Crippen molar-refractivity contribution in [3.63, 3.8) is 0 Å². The first-order valence-corrected chi connectivity index (χ1v) is 6.71. The summed E-state index contributed by atoms with van der Waals surface area (Å²) >= 11 is 0. The average Bonchev–Trinajstić information content (AvgIpc) is 2.48. The fourth-order valence-electron chi connectivity index (χ4n) is 2.79. The Balaban J connectivity index is 2.14. The van der Waals surface area contributed by atoms with Gasteiger partial charge in [-0.15, -0.1) is 0 Å². The Morgan fingerprint density at radius 2 is 1.90 bits per heavy atom. The van der Waals surface area contributed by atoms with E-state index in [1.54, 1.807) is 12.1 Å². The predicted molar refractivity (Wildman–Crippen MR) is 76.3 cm³/mol. The van der Waals surface area contributed by atoms with Crippen LogP contribution in [0, 0.1) is 5.82 Å². The lowest BCUT2D eigenvalue weighted by atomic mass is 9.89. The van der Waals surface area contributed by atoms with E-state index < -0.39 is 0 Å². The molecule has 3 N–H and O–H groups in total. The molecule has 1 aliphatic heterocycles. The highest BCUT2D eigenvalue weighted by Crippen LogP contribution is 2.38. The molecular weight excluding hydrogens is 273 g/mol. The van der Waals surface area contributed by atoms with Crippen molar-refractivity contribution in [3.8, 4) is 17.2 Å². The SMILES string of the molecule is COc1ccc(F)cc1C1NCCc2cc(O)c(O)cc21. The Morgan fingerprint density at radius 1 is 1.14 bits per heavy atom. The van der Waals surface area contributed by atoms with E-state index in [1.165, 1.54) is 25.3 Å². The van der Waals surface area contributed by atoms with Crippen LogP contribution in [0.3, 0.4) is 0 Å². The van der Waals surface area contributed by atoms with Gasteiger partial charge in [-0.05, 0) is 47.9 Å². The molecule has 2 aromatic rings. The van der Waals surface area contributed by atoms with Gasteiger partial charge in [0.25, 0.3) is 0 Å². The molecule has 0 aromatic heterocycles. The molecule has 1 unspecified atom stereocenters. The first-order chi connectivity index (χ1) is 10.1. The van der Waals surface area contributed by atoms with E-state index >= 15 is 0 Å². The van der Waals surface area contributed by atoms with Gasteiger partial charge in [-0.3, -0.25) is 0 Å². The van der Waals surface area contributed by atoms with Crippen molar-refractivity contribution >= 4 is 0 Å². The summed E-state index contributed by atoms with van der Waals surface area (Å²) in [5, 5.41) is 22.7. The Morgan fingerprint density at radius 3 is 2.67 bits per heavy atom. The zero-order chi connectivity index (χ0) is 15.0. The molecule has 0 bridgehead atoms. The molecule has 3 rings (SSSR count). The Bertz CT molecular complexity index is 687. The maximum Gasteiger partial charge on any atom is 0.157 e. The number of benzene rings is 2. The zero-order valence-electron chi connectivity index (χ0n) is 11.6. The van der Waals surface area contributed by atoms with Crippen molar-refractivity contribution in [1.29, 1.82) is 0 Å². The van der Waals surface area contributed by atoms with Gasteiger partial charge in [0.2, 0.25) is 0 Å². The second kappa shape index (κ2) is 5.26.